The lowest BCUT2D eigenvalue weighted by molar-refractivity contribution is -0.156. The number of Topliss-reactive ketones (excluding diaryl/α,β-unsaturated/α-hetero) is 7. The predicted molar refractivity (Wildman–Crippen MR) is 419 cm³/mol. The summed E-state index contributed by atoms with van der Waals surface area (Å²) in [6.07, 6.45) is -7.59. The number of ether oxygens (including phenoxy) is 3. The standard InChI is InChI=1S/C80H104N12O28S/c1-8-38(2)71-77(114)83-33-65(106)86-51-37-121(117)78-49(26-45(75(112)82-34-66(107)88-71)28-59(101)72(41(5)60(102)36-93)89-76(113)52-31-47(94)35-90(52)79(115)46(29-58(51)100)30-62(81)103)48-25-44-27-55(97)39(3)23-56(98)42(6)84-63(104)17-21-118-19-9-11-53(95)73(91-67(108)13-14-68(91)109)74(92-69(110)15-16-70(92)111)54(96)12-10-20-119-22-18-64(105)85-43(7)57(99)24-40(4)80(116)120-61(44)32-50(48)87-78/h13-16,25,32,38-43,45-47,51-52,60,71-74,87,93-94,102H,8-12,17-24,26-31,33-37H2,1-7H3,(H2,81,103)(H,82,112)(H,83,114)(H,84,104)(H,85,105)(H,86,106)(H,88,107)(H,89,113)/t38-,39?,40?,41?,42?,43?,45+,46-,47+,51-,52-,60-,71-,72-,73?,74?,121?/m0/s1. The smallest absolute Gasteiger partial charge is 0.314 e. The van der Waals surface area contributed by atoms with Crippen LogP contribution in [0.25, 0.3) is 10.9 Å². The molecule has 0 radical (unpaired) electrons. The Morgan fingerprint density at radius 2 is 1.13 bits per heavy atom. The van der Waals surface area contributed by atoms with E-state index in [1.54, 1.807) is 13.8 Å². The molecule has 0 aliphatic carbocycles. The lowest BCUT2D eigenvalue weighted by Gasteiger charge is -2.35. The number of nitrogens with two attached hydrogens (primary N) is 1. The number of nitrogens with zero attached hydrogens (tertiary/aromatic N) is 3. The minimum absolute atomic E-state index is 0.0644. The van der Waals surface area contributed by atoms with E-state index in [2.05, 4.69) is 42.2 Å². The molecule has 0 saturated carbocycles. The normalized spacial score (nSPS) is 29.0. The highest BCUT2D eigenvalue weighted by molar-refractivity contribution is 7.85. The average Bonchev–Trinajstić information content (AvgIpc) is 1.62. The zero-order valence-corrected chi connectivity index (χ0v) is 68.9. The van der Waals surface area contributed by atoms with Gasteiger partial charge in [0.05, 0.1) is 103 Å². The van der Waals surface area contributed by atoms with Crippen LogP contribution in [-0.2, 0) is 134 Å². The molecule has 1 aromatic heterocycles. The van der Waals surface area contributed by atoms with Crippen molar-refractivity contribution in [2.75, 3.05) is 58.4 Å². The van der Waals surface area contributed by atoms with Gasteiger partial charge in [0.1, 0.15) is 40.7 Å². The van der Waals surface area contributed by atoms with Gasteiger partial charge in [0.25, 0.3) is 23.6 Å². The van der Waals surface area contributed by atoms with Crippen molar-refractivity contribution in [2.24, 2.45) is 41.2 Å². The van der Waals surface area contributed by atoms with E-state index in [4.69, 9.17) is 19.9 Å². The van der Waals surface area contributed by atoms with Crippen LogP contribution in [0.1, 0.15) is 143 Å². The number of amides is 13. The number of primary amides is 1. The van der Waals surface area contributed by atoms with Gasteiger partial charge in [0.15, 0.2) is 34.7 Å². The van der Waals surface area contributed by atoms with Gasteiger partial charge < -0.3 is 82.4 Å². The number of imide groups is 2. The number of aliphatic hydroxyl groups excluding tert-OH is 3. The number of nitrogens with one attached hydrogen (secondary N) is 8. The number of hydrogen-bond donors (Lipinski definition) is 12. The topological polar surface area (TPSA) is 600 Å². The zero-order valence-electron chi connectivity index (χ0n) is 68.0. The van der Waals surface area contributed by atoms with Crippen LogP contribution in [0, 0.1) is 35.5 Å². The molecule has 13 amide bonds. The number of carbonyl (C=O) groups is 21. The minimum atomic E-state index is -2.71. The molecule has 658 valence electrons. The summed E-state index contributed by atoms with van der Waals surface area (Å²) in [5, 5.41) is 49.5. The lowest BCUT2D eigenvalue weighted by Crippen LogP contribution is -2.61. The highest BCUT2D eigenvalue weighted by Crippen LogP contribution is 2.37. The van der Waals surface area contributed by atoms with Crippen LogP contribution in [0.5, 0.6) is 5.75 Å². The first kappa shape index (κ1) is 95.3. The number of fused-ring (bicyclic) bond motifs is 6. The van der Waals surface area contributed by atoms with Crippen LogP contribution >= 0.6 is 0 Å². The lowest BCUT2D eigenvalue weighted by atomic mass is 9.85. The van der Waals surface area contributed by atoms with Gasteiger partial charge in [0.2, 0.25) is 53.2 Å². The molecule has 40 nitrogen and oxygen atoms in total. The summed E-state index contributed by atoms with van der Waals surface area (Å²) >= 11 is 0. The number of ketones is 7. The Morgan fingerprint density at radius 1 is 0.595 bits per heavy atom. The quantitative estimate of drug-likeness (QED) is 0.0645. The number of rotatable bonds is 9. The molecule has 41 heteroatoms. The maximum absolute atomic E-state index is 15.8. The molecule has 6 aliphatic rings. The highest BCUT2D eigenvalue weighted by Gasteiger charge is 2.51. The molecule has 1 aromatic carbocycles. The Hall–Kier alpha value is -11.1. The first-order chi connectivity index (χ1) is 57.2. The third-order valence-electron chi connectivity index (χ3n) is 22.2. The molecule has 2 bridgehead atoms. The molecule has 17 atom stereocenters. The first-order valence-corrected chi connectivity index (χ1v) is 41.4. The fourth-order valence-electron chi connectivity index (χ4n) is 14.9. The van der Waals surface area contributed by atoms with Crippen LogP contribution in [0.15, 0.2) is 41.5 Å². The Morgan fingerprint density at radius 3 is 1.67 bits per heavy atom. The van der Waals surface area contributed by atoms with Crippen molar-refractivity contribution in [1.82, 2.24) is 56.9 Å². The predicted octanol–water partition coefficient (Wildman–Crippen LogP) is -4.11. The molecule has 7 heterocycles. The van der Waals surface area contributed by atoms with Gasteiger partial charge >= 0.3 is 5.97 Å². The summed E-state index contributed by atoms with van der Waals surface area (Å²) in [5.41, 5.74) is 5.20. The molecule has 2 aromatic rings. The summed E-state index contributed by atoms with van der Waals surface area (Å²) in [7, 11) is -2.71. The fraction of sp³-hybridized carbons (Fsp3) is 0.588. The van der Waals surface area contributed by atoms with Gasteiger partial charge in [-0.3, -0.25) is 115 Å². The number of aromatic nitrogens is 1. The monoisotopic (exact) mass is 1710 g/mol. The van der Waals surface area contributed by atoms with Crippen LogP contribution in [0.3, 0.4) is 0 Å². The van der Waals surface area contributed by atoms with E-state index >= 15 is 18.6 Å². The maximum atomic E-state index is 15.8. The van der Waals surface area contributed by atoms with Crippen LogP contribution in [0.4, 0.5) is 0 Å². The number of aliphatic hydroxyl groups is 3. The average molecular weight is 1710 g/mol. The van der Waals surface area contributed by atoms with E-state index in [1.807, 2.05) is 0 Å². The summed E-state index contributed by atoms with van der Waals surface area (Å²) in [5.74, 6) is -29.8. The number of benzene rings is 1. The summed E-state index contributed by atoms with van der Waals surface area (Å²) in [4.78, 5) is 300. The SMILES string of the molecule is CC[C@H](C)[C@@H]1NC(=O)CNC(=O)[C@H]2CC(=O)[C@H](C(C)[C@@H](O)CO)NC(=O)[C@@H]3C[C@@H](O)CN3C(=O)[C@H](CC(N)=O)CC(=O)[C@H](CS(=O)c3[nH]c4cc5c(cc4c3C2)CC(=O)C(C)CC(=O)C(C)NC(=O)CCOCCCC(=O)C(N2C(=O)C=CC2=O)C(N2C(=O)C=CC2=O)C(=O)CCCOCCC(=O)NC(C)C(=O)CC(C)C(=O)O5)NC(=O)CNC1=O. The van der Waals surface area contributed by atoms with Crippen molar-refractivity contribution in [3.05, 3.63) is 47.6 Å². The van der Waals surface area contributed by atoms with E-state index < -0.39 is 337 Å². The number of H-pyrrole nitrogens is 1. The summed E-state index contributed by atoms with van der Waals surface area (Å²) in [6, 6.07) is -11.0. The second-order valence-electron chi connectivity index (χ2n) is 31.3. The largest absolute Gasteiger partial charge is 0.426 e. The van der Waals surface area contributed by atoms with Gasteiger partial charge in [-0.05, 0) is 50.7 Å². The van der Waals surface area contributed by atoms with E-state index in [9.17, 15) is 102 Å². The van der Waals surface area contributed by atoms with Crippen LogP contribution in [-0.4, -0.2) is 281 Å². The molecule has 1 fully saturated rings. The van der Waals surface area contributed by atoms with Crippen molar-refractivity contribution < 1.29 is 134 Å². The molecule has 8 unspecified atom stereocenters. The Bertz CT molecular complexity index is 4500. The number of aromatic amines is 1. The van der Waals surface area contributed by atoms with E-state index in [0.717, 1.165) is 35.3 Å². The molecule has 121 heavy (non-hydrogen) atoms. The van der Waals surface area contributed by atoms with Crippen LogP contribution in [0.2, 0.25) is 0 Å². The molecule has 1 saturated heterocycles. The third-order valence-corrected chi connectivity index (χ3v) is 23.6. The molecular weight excluding hydrogens is 1610 g/mol. The molecule has 6 aliphatic heterocycles. The molecule has 13 N–H and O–H groups in total. The highest BCUT2D eigenvalue weighted by atomic mass is 32.2. The maximum Gasteiger partial charge on any atom is 0.314 e. The number of hydrogen-bond acceptors (Lipinski definition) is 28. The Labute approximate surface area is 696 Å². The van der Waals surface area contributed by atoms with Gasteiger partial charge in [0, 0.05) is 149 Å². The Balaban J connectivity index is 1.20. The summed E-state index contributed by atoms with van der Waals surface area (Å²) in [6.45, 7) is 5.38. The van der Waals surface area contributed by atoms with Crippen molar-refractivity contribution >= 4 is 145 Å². The van der Waals surface area contributed by atoms with Gasteiger partial charge in [-0.1, -0.05) is 41.0 Å². The molecule has 8 rings (SSSR count). The second-order valence-corrected chi connectivity index (χ2v) is 32.8. The van der Waals surface area contributed by atoms with Crippen molar-refractivity contribution in [3.63, 3.8) is 0 Å². The van der Waals surface area contributed by atoms with Gasteiger partial charge in [-0.25, -0.2) is 0 Å². The first-order valence-electron chi connectivity index (χ1n) is 40.0. The van der Waals surface area contributed by atoms with Gasteiger partial charge in [-0.2, -0.15) is 0 Å². The van der Waals surface area contributed by atoms with E-state index in [-0.39, 0.29) is 80.6 Å². The van der Waals surface area contributed by atoms with Gasteiger partial charge in [-0.15, -0.1) is 0 Å². The van der Waals surface area contributed by atoms with Crippen molar-refractivity contribution in [3.8, 4) is 5.75 Å². The fourth-order valence-corrected chi connectivity index (χ4v) is 16.3. The van der Waals surface area contributed by atoms with Crippen molar-refractivity contribution in [1.29, 1.82) is 0 Å². The van der Waals surface area contributed by atoms with Crippen molar-refractivity contribution in [2.45, 2.75) is 210 Å². The summed E-state index contributed by atoms with van der Waals surface area (Å²) < 4.78 is 33.1. The van der Waals surface area contributed by atoms with Crippen LogP contribution < -0.4 is 47.7 Å². The second kappa shape index (κ2) is 43.4. The zero-order chi connectivity index (χ0) is 89.1. The van der Waals surface area contributed by atoms with E-state index in [0.29, 0.717) is 9.80 Å². The minimum Gasteiger partial charge on any atom is -0.426 e. The van der Waals surface area contributed by atoms with E-state index in [1.165, 1.54) is 40.7 Å². The number of carbonyl (C=O) groups excluding carboxylic acids is 21. The Kier molecular flexibility index (Phi) is 34.2. The third kappa shape index (κ3) is 25.0. The molecular formula is C80H104N12O28S. The molecule has 0 spiro atoms. The number of esters is 1.